The molecule has 3 aliphatic rings. The van der Waals surface area contributed by atoms with E-state index in [4.69, 9.17) is 0 Å². The topological polar surface area (TPSA) is 57.3 Å². The van der Waals surface area contributed by atoms with E-state index in [0.717, 1.165) is 36.8 Å². The van der Waals surface area contributed by atoms with Gasteiger partial charge in [0.15, 0.2) is 0 Å². The zero-order valence-electron chi connectivity index (χ0n) is 21.2. The number of piperidine rings is 1. The fourth-order valence-electron chi connectivity index (χ4n) is 5.73. The van der Waals surface area contributed by atoms with Gasteiger partial charge >= 0.3 is 0 Å². The third-order valence-electron chi connectivity index (χ3n) is 7.44. The average Bonchev–Trinajstić information content (AvgIpc) is 3.16. The number of hydrogen-bond acceptors (Lipinski definition) is 4. The highest BCUT2D eigenvalue weighted by molar-refractivity contribution is 5.94. The van der Waals surface area contributed by atoms with Crippen LogP contribution in [-0.2, 0) is 0 Å². The van der Waals surface area contributed by atoms with E-state index in [-0.39, 0.29) is 11.9 Å². The van der Waals surface area contributed by atoms with Crippen LogP contribution in [0.1, 0.15) is 87.3 Å². The maximum absolute atomic E-state index is 12.8. The second-order valence-corrected chi connectivity index (χ2v) is 9.77. The van der Waals surface area contributed by atoms with E-state index in [2.05, 4.69) is 57.8 Å². The largest absolute Gasteiger partial charge is 0.351 e. The third-order valence-corrected chi connectivity index (χ3v) is 7.44. The van der Waals surface area contributed by atoms with Crippen LogP contribution in [0.5, 0.6) is 0 Å². The summed E-state index contributed by atoms with van der Waals surface area (Å²) in [4.78, 5) is 20.0. The molecule has 3 unspecified atom stereocenters. The molecule has 182 valence electrons. The van der Waals surface area contributed by atoms with Crippen molar-refractivity contribution in [2.75, 3.05) is 18.0 Å². The lowest BCUT2D eigenvalue weighted by atomic mass is 9.92. The van der Waals surface area contributed by atoms with Crippen LogP contribution >= 0.6 is 0 Å². The standard InChI is InChI=1S/C27H34N4O.C2H6/c1-18-15-24-8-9-25(16-18)31(24)26-10-7-23(17-29-26)27(32)30-19(2)20-3-5-21(6-4-20)22-11-13-28-14-12-22;1-2/h3-7,10-11,17-19,24-25,28H,8-9,12-16H2,1-2H3,(H,30,32);1-2H3. The van der Waals surface area contributed by atoms with Gasteiger partial charge in [0.2, 0.25) is 0 Å². The molecule has 34 heavy (non-hydrogen) atoms. The molecule has 4 heterocycles. The normalized spacial score (nSPS) is 24.5. The number of pyridine rings is 1. The van der Waals surface area contributed by atoms with Crippen molar-refractivity contribution in [3.05, 3.63) is 65.4 Å². The fourth-order valence-corrected chi connectivity index (χ4v) is 5.73. The molecule has 5 heteroatoms. The molecule has 0 radical (unpaired) electrons. The Morgan fingerprint density at radius 2 is 1.79 bits per heavy atom. The molecule has 0 spiro atoms. The minimum atomic E-state index is -0.0723. The maximum atomic E-state index is 12.8. The van der Waals surface area contributed by atoms with Crippen LogP contribution in [0.3, 0.4) is 0 Å². The van der Waals surface area contributed by atoms with Crippen molar-refractivity contribution >= 4 is 17.3 Å². The van der Waals surface area contributed by atoms with Crippen LogP contribution < -0.4 is 15.5 Å². The quantitative estimate of drug-likeness (QED) is 0.597. The van der Waals surface area contributed by atoms with Gasteiger partial charge in [-0.2, -0.15) is 0 Å². The molecule has 1 aromatic heterocycles. The predicted molar refractivity (Wildman–Crippen MR) is 141 cm³/mol. The van der Waals surface area contributed by atoms with Gasteiger partial charge in [-0.3, -0.25) is 4.79 Å². The number of carbonyl (C=O) groups excluding carboxylic acids is 1. The van der Waals surface area contributed by atoms with Crippen LogP contribution in [0, 0.1) is 5.92 Å². The molecular formula is C29H40N4O. The van der Waals surface area contributed by atoms with E-state index in [1.54, 1.807) is 6.20 Å². The van der Waals surface area contributed by atoms with Crippen molar-refractivity contribution in [1.29, 1.82) is 0 Å². The van der Waals surface area contributed by atoms with Crippen LogP contribution in [-0.4, -0.2) is 36.1 Å². The van der Waals surface area contributed by atoms with Gasteiger partial charge in [-0.05, 0) is 80.3 Å². The first-order valence-corrected chi connectivity index (χ1v) is 13.1. The summed E-state index contributed by atoms with van der Waals surface area (Å²) >= 11 is 0. The Balaban J connectivity index is 0.00000133. The monoisotopic (exact) mass is 460 g/mol. The molecule has 3 aliphatic heterocycles. The van der Waals surface area contributed by atoms with E-state index in [1.807, 2.05) is 32.9 Å². The molecule has 2 saturated heterocycles. The number of rotatable bonds is 5. The fraction of sp³-hybridized carbons (Fsp3) is 0.517. The van der Waals surface area contributed by atoms with Crippen molar-refractivity contribution in [3.8, 4) is 0 Å². The minimum absolute atomic E-state index is 0.0577. The lowest BCUT2D eigenvalue weighted by molar-refractivity contribution is 0.0939. The van der Waals surface area contributed by atoms with Gasteiger partial charge in [-0.1, -0.05) is 51.1 Å². The molecule has 2 fully saturated rings. The lowest BCUT2D eigenvalue weighted by Crippen LogP contribution is -2.42. The lowest BCUT2D eigenvalue weighted by Gasteiger charge is -2.38. The number of hydrogen-bond donors (Lipinski definition) is 2. The summed E-state index contributed by atoms with van der Waals surface area (Å²) in [5.74, 6) is 1.76. The molecular weight excluding hydrogens is 420 g/mol. The average molecular weight is 461 g/mol. The summed E-state index contributed by atoms with van der Waals surface area (Å²) in [7, 11) is 0. The van der Waals surface area contributed by atoms with Gasteiger partial charge in [0.1, 0.15) is 5.82 Å². The summed E-state index contributed by atoms with van der Waals surface area (Å²) in [6.07, 6.45) is 10.1. The Kier molecular flexibility index (Phi) is 8.04. The zero-order chi connectivity index (χ0) is 24.1. The van der Waals surface area contributed by atoms with Gasteiger partial charge in [0, 0.05) is 24.8 Å². The molecule has 3 atom stereocenters. The number of anilines is 1. The van der Waals surface area contributed by atoms with Gasteiger partial charge in [-0.15, -0.1) is 0 Å². The van der Waals surface area contributed by atoms with Crippen molar-refractivity contribution < 1.29 is 4.79 Å². The first-order chi connectivity index (χ1) is 16.6. The summed E-state index contributed by atoms with van der Waals surface area (Å²) < 4.78 is 0. The van der Waals surface area contributed by atoms with Gasteiger partial charge in [-0.25, -0.2) is 4.98 Å². The van der Waals surface area contributed by atoms with Crippen molar-refractivity contribution in [3.63, 3.8) is 0 Å². The molecule has 5 rings (SSSR count). The number of aromatic nitrogens is 1. The Hall–Kier alpha value is -2.66. The summed E-state index contributed by atoms with van der Waals surface area (Å²) in [5.41, 5.74) is 4.40. The number of nitrogens with one attached hydrogen (secondary N) is 2. The van der Waals surface area contributed by atoms with E-state index >= 15 is 0 Å². The molecule has 1 aromatic carbocycles. The second-order valence-electron chi connectivity index (χ2n) is 9.77. The molecule has 0 aliphatic carbocycles. The minimum Gasteiger partial charge on any atom is -0.351 e. The Bertz CT molecular complexity index is 968. The smallest absolute Gasteiger partial charge is 0.253 e. The van der Waals surface area contributed by atoms with Crippen molar-refractivity contribution in [2.45, 2.75) is 77.9 Å². The SMILES string of the molecule is CC.CC1CC2CCC(C1)N2c1ccc(C(=O)NC(C)c2ccc(C3=CCNCC3)cc2)cn1. The number of nitrogens with zero attached hydrogens (tertiary/aromatic N) is 2. The molecule has 5 nitrogen and oxygen atoms in total. The van der Waals surface area contributed by atoms with Gasteiger partial charge in [0.05, 0.1) is 11.6 Å². The molecule has 1 amide bonds. The predicted octanol–water partition coefficient (Wildman–Crippen LogP) is 5.74. The number of benzene rings is 1. The van der Waals surface area contributed by atoms with Crippen LogP contribution in [0.25, 0.3) is 5.57 Å². The Morgan fingerprint density at radius 1 is 1.09 bits per heavy atom. The zero-order valence-corrected chi connectivity index (χ0v) is 21.2. The Labute approximate surface area is 205 Å². The summed E-state index contributed by atoms with van der Waals surface area (Å²) in [6.45, 7) is 10.4. The number of carbonyl (C=O) groups is 1. The van der Waals surface area contributed by atoms with Crippen molar-refractivity contribution in [1.82, 2.24) is 15.6 Å². The molecule has 2 aromatic rings. The van der Waals surface area contributed by atoms with E-state index in [0.29, 0.717) is 17.6 Å². The maximum Gasteiger partial charge on any atom is 0.253 e. The van der Waals surface area contributed by atoms with Crippen molar-refractivity contribution in [2.24, 2.45) is 5.92 Å². The molecule has 0 saturated carbocycles. The van der Waals surface area contributed by atoms with Crippen LogP contribution in [0.15, 0.2) is 48.7 Å². The Morgan fingerprint density at radius 3 is 2.38 bits per heavy atom. The third kappa shape index (κ3) is 5.35. The molecule has 2 bridgehead atoms. The van der Waals surface area contributed by atoms with Gasteiger partial charge < -0.3 is 15.5 Å². The number of fused-ring (bicyclic) bond motifs is 2. The summed E-state index contributed by atoms with van der Waals surface area (Å²) in [6, 6.07) is 13.7. The van der Waals surface area contributed by atoms with E-state index in [9.17, 15) is 4.79 Å². The van der Waals surface area contributed by atoms with E-state index in [1.165, 1.54) is 36.8 Å². The van der Waals surface area contributed by atoms with Crippen LogP contribution in [0.2, 0.25) is 0 Å². The van der Waals surface area contributed by atoms with Crippen LogP contribution in [0.4, 0.5) is 5.82 Å². The van der Waals surface area contributed by atoms with E-state index < -0.39 is 0 Å². The highest BCUT2D eigenvalue weighted by Crippen LogP contribution is 2.40. The van der Waals surface area contributed by atoms with Gasteiger partial charge in [0.25, 0.3) is 5.91 Å². The first kappa shape index (κ1) is 24.5. The number of amides is 1. The molecule has 2 N–H and O–H groups in total. The highest BCUT2D eigenvalue weighted by Gasteiger charge is 2.39. The highest BCUT2D eigenvalue weighted by atomic mass is 16.1. The second kappa shape index (κ2) is 11.2. The summed E-state index contributed by atoms with van der Waals surface area (Å²) in [5, 5.41) is 6.48. The first-order valence-electron chi connectivity index (χ1n) is 13.1.